The lowest BCUT2D eigenvalue weighted by Gasteiger charge is -2.22. The van der Waals surface area contributed by atoms with Crippen molar-refractivity contribution in [1.82, 2.24) is 25.1 Å². The van der Waals surface area contributed by atoms with Gasteiger partial charge in [-0.3, -0.25) is 4.79 Å². The number of rotatable bonds is 4. The average Bonchev–Trinajstić information content (AvgIpc) is 3.13. The zero-order chi connectivity index (χ0) is 17.3. The summed E-state index contributed by atoms with van der Waals surface area (Å²) in [6.07, 6.45) is 0.470. The van der Waals surface area contributed by atoms with Crippen molar-refractivity contribution in [2.45, 2.75) is 19.0 Å². The van der Waals surface area contributed by atoms with Gasteiger partial charge in [-0.2, -0.15) is 4.80 Å². The van der Waals surface area contributed by atoms with E-state index >= 15 is 0 Å². The first kappa shape index (κ1) is 17.0. The Morgan fingerprint density at radius 2 is 2.17 bits per heavy atom. The molecule has 2 heterocycles. The highest BCUT2D eigenvalue weighted by atomic mass is 79.9. The number of tetrazole rings is 1. The zero-order valence-corrected chi connectivity index (χ0v) is 15.4. The normalized spacial score (nSPS) is 19.3. The van der Waals surface area contributed by atoms with Crippen LogP contribution in [0.4, 0.5) is 0 Å². The summed E-state index contributed by atoms with van der Waals surface area (Å²) >= 11 is 3.42. The molecule has 1 aliphatic rings. The van der Waals surface area contributed by atoms with Crippen LogP contribution in [0.25, 0.3) is 11.4 Å². The van der Waals surface area contributed by atoms with E-state index in [4.69, 9.17) is 0 Å². The standard InChI is InChI=1S/C14H16BrN5O3S/c1-19(10-6-7-24(22,23)9-10)13(21)8-20-17-14(16-18-20)11-4-2-3-5-12(11)15/h2-5,10H,6-9H2,1H3/t10-/m0/s1. The number of carbonyl (C=O) groups is 1. The zero-order valence-electron chi connectivity index (χ0n) is 13.0. The van der Waals surface area contributed by atoms with E-state index in [0.29, 0.717) is 12.2 Å². The number of sulfone groups is 1. The molecule has 1 aromatic carbocycles. The highest BCUT2D eigenvalue weighted by Gasteiger charge is 2.32. The fourth-order valence-corrected chi connectivity index (χ4v) is 4.81. The maximum atomic E-state index is 12.3. The minimum Gasteiger partial charge on any atom is -0.340 e. The number of hydrogen-bond donors (Lipinski definition) is 0. The van der Waals surface area contributed by atoms with Gasteiger partial charge in [0.1, 0.15) is 6.54 Å². The van der Waals surface area contributed by atoms with Crippen LogP contribution in [-0.4, -0.2) is 64.0 Å². The highest BCUT2D eigenvalue weighted by Crippen LogP contribution is 2.24. The molecule has 1 saturated heterocycles. The molecule has 0 bridgehead atoms. The Bertz CT molecular complexity index is 867. The van der Waals surface area contributed by atoms with Crippen LogP contribution in [0.5, 0.6) is 0 Å². The van der Waals surface area contributed by atoms with Gasteiger partial charge in [0.15, 0.2) is 9.84 Å². The van der Waals surface area contributed by atoms with Crippen LogP contribution in [0.1, 0.15) is 6.42 Å². The molecule has 0 saturated carbocycles. The van der Waals surface area contributed by atoms with Crippen LogP contribution in [-0.2, 0) is 21.2 Å². The van der Waals surface area contributed by atoms with Crippen LogP contribution in [0.3, 0.4) is 0 Å². The Balaban J connectivity index is 1.69. The molecule has 1 amide bonds. The Morgan fingerprint density at radius 1 is 1.42 bits per heavy atom. The SMILES string of the molecule is CN(C(=O)Cn1nnc(-c2ccccc2Br)n1)[C@H]1CCS(=O)(=O)C1. The first-order valence-corrected chi connectivity index (χ1v) is 9.96. The van der Waals surface area contributed by atoms with Crippen molar-refractivity contribution >= 4 is 31.7 Å². The molecule has 1 fully saturated rings. The minimum atomic E-state index is -3.03. The van der Waals surface area contributed by atoms with Gasteiger partial charge >= 0.3 is 0 Å². The number of amides is 1. The summed E-state index contributed by atoms with van der Waals surface area (Å²) in [7, 11) is -1.42. The maximum Gasteiger partial charge on any atom is 0.246 e. The van der Waals surface area contributed by atoms with E-state index in [1.165, 1.54) is 9.70 Å². The monoisotopic (exact) mass is 413 g/mol. The molecule has 24 heavy (non-hydrogen) atoms. The quantitative estimate of drug-likeness (QED) is 0.733. The first-order valence-electron chi connectivity index (χ1n) is 7.34. The predicted octanol–water partition coefficient (Wildman–Crippen LogP) is 0.748. The topological polar surface area (TPSA) is 98.1 Å². The van der Waals surface area contributed by atoms with Crippen LogP contribution in [0, 0.1) is 0 Å². The van der Waals surface area contributed by atoms with E-state index < -0.39 is 9.84 Å². The van der Waals surface area contributed by atoms with E-state index in [2.05, 4.69) is 31.3 Å². The second-order valence-electron chi connectivity index (χ2n) is 5.68. The van der Waals surface area contributed by atoms with E-state index in [-0.39, 0.29) is 30.0 Å². The summed E-state index contributed by atoms with van der Waals surface area (Å²) in [6, 6.07) is 7.18. The van der Waals surface area contributed by atoms with Crippen molar-refractivity contribution in [2.75, 3.05) is 18.6 Å². The molecular formula is C14H16BrN5O3S. The van der Waals surface area contributed by atoms with Crippen LogP contribution in [0.2, 0.25) is 0 Å². The third kappa shape index (κ3) is 3.64. The van der Waals surface area contributed by atoms with Crippen molar-refractivity contribution < 1.29 is 13.2 Å². The number of halogens is 1. The number of carbonyl (C=O) groups excluding carboxylic acids is 1. The molecule has 1 aliphatic heterocycles. The van der Waals surface area contributed by atoms with Gasteiger partial charge < -0.3 is 4.90 Å². The van der Waals surface area contributed by atoms with Crippen molar-refractivity contribution in [3.8, 4) is 11.4 Å². The molecule has 0 N–H and O–H groups in total. The largest absolute Gasteiger partial charge is 0.340 e. The van der Waals surface area contributed by atoms with E-state index in [9.17, 15) is 13.2 Å². The Hall–Kier alpha value is -1.81. The van der Waals surface area contributed by atoms with Gasteiger partial charge in [0.05, 0.1) is 11.5 Å². The summed E-state index contributed by atoms with van der Waals surface area (Å²) < 4.78 is 23.9. The van der Waals surface area contributed by atoms with Gasteiger partial charge in [-0.05, 0) is 23.8 Å². The molecular weight excluding hydrogens is 398 g/mol. The molecule has 0 aliphatic carbocycles. The predicted molar refractivity (Wildman–Crippen MR) is 90.8 cm³/mol. The fraction of sp³-hybridized carbons (Fsp3) is 0.429. The summed E-state index contributed by atoms with van der Waals surface area (Å²) in [5.74, 6) is 0.320. The highest BCUT2D eigenvalue weighted by molar-refractivity contribution is 9.10. The lowest BCUT2D eigenvalue weighted by atomic mass is 10.2. The van der Waals surface area contributed by atoms with Gasteiger partial charge in [0, 0.05) is 23.1 Å². The van der Waals surface area contributed by atoms with E-state index in [1.54, 1.807) is 7.05 Å². The Kier molecular flexibility index (Phi) is 4.68. The molecule has 1 aromatic heterocycles. The van der Waals surface area contributed by atoms with Crippen LogP contribution >= 0.6 is 15.9 Å². The Labute approximate surface area is 147 Å². The van der Waals surface area contributed by atoms with Crippen LogP contribution < -0.4 is 0 Å². The Morgan fingerprint density at radius 3 is 2.83 bits per heavy atom. The summed E-state index contributed by atoms with van der Waals surface area (Å²) in [6.45, 7) is -0.0789. The van der Waals surface area contributed by atoms with E-state index in [0.717, 1.165) is 10.0 Å². The summed E-state index contributed by atoms with van der Waals surface area (Å²) in [5, 5.41) is 12.1. The summed E-state index contributed by atoms with van der Waals surface area (Å²) in [5.41, 5.74) is 0.784. The number of likely N-dealkylation sites (N-methyl/N-ethyl adjacent to an activating group) is 1. The maximum absolute atomic E-state index is 12.3. The van der Waals surface area contributed by atoms with Gasteiger partial charge in [-0.25, -0.2) is 8.42 Å². The number of hydrogen-bond acceptors (Lipinski definition) is 6. The lowest BCUT2D eigenvalue weighted by molar-refractivity contribution is -0.132. The van der Waals surface area contributed by atoms with Crippen molar-refractivity contribution in [3.05, 3.63) is 28.7 Å². The third-order valence-corrected chi connectivity index (χ3v) is 6.44. The summed E-state index contributed by atoms with van der Waals surface area (Å²) in [4.78, 5) is 15.0. The van der Waals surface area contributed by atoms with Crippen molar-refractivity contribution in [2.24, 2.45) is 0 Å². The molecule has 2 aromatic rings. The molecule has 128 valence electrons. The lowest BCUT2D eigenvalue weighted by Crippen LogP contribution is -2.40. The number of nitrogens with zero attached hydrogens (tertiary/aromatic N) is 5. The fourth-order valence-electron chi connectivity index (χ4n) is 2.58. The first-order chi connectivity index (χ1) is 11.4. The molecule has 0 unspecified atom stereocenters. The molecule has 8 nitrogen and oxygen atoms in total. The molecule has 10 heteroatoms. The van der Waals surface area contributed by atoms with Crippen molar-refractivity contribution in [1.29, 1.82) is 0 Å². The molecule has 3 rings (SSSR count). The van der Waals surface area contributed by atoms with Gasteiger partial charge in [0.2, 0.25) is 11.7 Å². The van der Waals surface area contributed by atoms with Gasteiger partial charge in [-0.1, -0.05) is 28.1 Å². The van der Waals surface area contributed by atoms with Gasteiger partial charge in [0.25, 0.3) is 0 Å². The third-order valence-electron chi connectivity index (χ3n) is 3.99. The number of benzene rings is 1. The average molecular weight is 414 g/mol. The molecule has 1 atom stereocenters. The van der Waals surface area contributed by atoms with Crippen molar-refractivity contribution in [3.63, 3.8) is 0 Å². The second kappa shape index (κ2) is 6.60. The van der Waals surface area contributed by atoms with Crippen LogP contribution in [0.15, 0.2) is 28.7 Å². The smallest absolute Gasteiger partial charge is 0.246 e. The van der Waals surface area contributed by atoms with Gasteiger partial charge in [-0.15, -0.1) is 10.2 Å². The minimum absolute atomic E-state index is 0.0161. The van der Waals surface area contributed by atoms with E-state index in [1.807, 2.05) is 24.3 Å². The number of aromatic nitrogens is 4. The molecule has 0 radical (unpaired) electrons. The molecule has 0 spiro atoms. The second-order valence-corrected chi connectivity index (χ2v) is 8.77.